The summed E-state index contributed by atoms with van der Waals surface area (Å²) in [5, 5.41) is 3.49. The summed E-state index contributed by atoms with van der Waals surface area (Å²) in [6.07, 6.45) is 2.06. The lowest BCUT2D eigenvalue weighted by Gasteiger charge is -2.33. The number of carbonyl (C=O) groups excluding carboxylic acids is 1. The minimum absolute atomic E-state index is 0.0309. The van der Waals surface area contributed by atoms with E-state index in [0.717, 1.165) is 31.6 Å². The van der Waals surface area contributed by atoms with E-state index in [1.165, 1.54) is 5.56 Å². The van der Waals surface area contributed by atoms with Gasteiger partial charge in [-0.05, 0) is 43.2 Å². The van der Waals surface area contributed by atoms with Crippen LogP contribution in [0.3, 0.4) is 0 Å². The first kappa shape index (κ1) is 14.4. The molecule has 0 radical (unpaired) electrons. The van der Waals surface area contributed by atoms with Gasteiger partial charge in [0, 0.05) is 24.8 Å². The summed E-state index contributed by atoms with van der Waals surface area (Å²) in [6, 6.07) is 8.63. The highest BCUT2D eigenvalue weighted by molar-refractivity contribution is 5.86. The fraction of sp³-hybridized carbons (Fsp3) is 0.611. The van der Waals surface area contributed by atoms with E-state index in [1.54, 1.807) is 0 Å². The predicted octanol–water partition coefficient (Wildman–Crippen LogP) is 3.48. The molecule has 2 aliphatic heterocycles. The average molecular weight is 286 g/mol. The summed E-state index contributed by atoms with van der Waals surface area (Å²) in [7, 11) is 0. The summed E-state index contributed by atoms with van der Waals surface area (Å²) in [5.41, 5.74) is 2.31. The summed E-state index contributed by atoms with van der Waals surface area (Å²) in [6.45, 7) is 8.57. The van der Waals surface area contributed by atoms with Crippen LogP contribution >= 0.6 is 0 Å². The standard InChI is InChI=1S/C18H26N2O/c1-12(2)14-8-9-20(11-14)18(21)16-10-13(3)19-17-7-5-4-6-15(16)17/h4-7,12-14,16,19H,8-11H2,1-3H3. The van der Waals surface area contributed by atoms with Gasteiger partial charge in [0.2, 0.25) is 5.91 Å². The molecule has 2 heterocycles. The number of rotatable bonds is 2. The molecule has 0 aromatic heterocycles. The first-order valence-corrected chi connectivity index (χ1v) is 8.20. The van der Waals surface area contributed by atoms with Crippen LogP contribution in [0.15, 0.2) is 24.3 Å². The second-order valence-electron chi connectivity index (χ2n) is 7.00. The molecule has 0 bridgehead atoms. The zero-order valence-electron chi connectivity index (χ0n) is 13.3. The Hall–Kier alpha value is -1.51. The topological polar surface area (TPSA) is 32.3 Å². The summed E-state index contributed by atoms with van der Waals surface area (Å²) < 4.78 is 0. The third-order valence-corrected chi connectivity index (χ3v) is 5.10. The van der Waals surface area contributed by atoms with Gasteiger partial charge in [-0.15, -0.1) is 0 Å². The van der Waals surface area contributed by atoms with E-state index >= 15 is 0 Å². The van der Waals surface area contributed by atoms with Crippen LogP contribution in [0.4, 0.5) is 5.69 Å². The molecule has 1 aromatic carbocycles. The first-order chi connectivity index (χ1) is 10.1. The molecular weight excluding hydrogens is 260 g/mol. The zero-order valence-corrected chi connectivity index (χ0v) is 13.3. The van der Waals surface area contributed by atoms with Crippen molar-refractivity contribution in [2.75, 3.05) is 18.4 Å². The van der Waals surface area contributed by atoms with Crippen molar-refractivity contribution in [1.82, 2.24) is 4.90 Å². The van der Waals surface area contributed by atoms with Crippen LogP contribution in [0.2, 0.25) is 0 Å². The van der Waals surface area contributed by atoms with E-state index in [0.29, 0.717) is 23.8 Å². The van der Waals surface area contributed by atoms with E-state index in [1.807, 2.05) is 12.1 Å². The maximum atomic E-state index is 13.0. The van der Waals surface area contributed by atoms with Crippen molar-refractivity contribution in [2.24, 2.45) is 11.8 Å². The molecule has 2 aliphatic rings. The highest BCUT2D eigenvalue weighted by Crippen LogP contribution is 2.36. The van der Waals surface area contributed by atoms with Gasteiger partial charge in [-0.1, -0.05) is 32.0 Å². The maximum Gasteiger partial charge on any atom is 0.230 e. The number of hydrogen-bond acceptors (Lipinski definition) is 2. The number of nitrogens with one attached hydrogen (secondary N) is 1. The van der Waals surface area contributed by atoms with E-state index in [4.69, 9.17) is 0 Å². The van der Waals surface area contributed by atoms with Gasteiger partial charge >= 0.3 is 0 Å². The van der Waals surface area contributed by atoms with Gasteiger partial charge in [0.1, 0.15) is 0 Å². The van der Waals surface area contributed by atoms with Crippen LogP contribution in [0.5, 0.6) is 0 Å². The Labute approximate surface area is 127 Å². The Bertz CT molecular complexity index is 526. The summed E-state index contributed by atoms with van der Waals surface area (Å²) in [5.74, 6) is 1.70. The van der Waals surface area contributed by atoms with Gasteiger partial charge in [0.25, 0.3) is 0 Å². The van der Waals surface area contributed by atoms with E-state index in [9.17, 15) is 4.79 Å². The predicted molar refractivity (Wildman–Crippen MR) is 86.4 cm³/mol. The fourth-order valence-corrected chi connectivity index (χ4v) is 3.72. The molecule has 0 spiro atoms. The molecule has 0 saturated carbocycles. The van der Waals surface area contributed by atoms with Crippen molar-refractivity contribution >= 4 is 11.6 Å². The Balaban J connectivity index is 1.79. The highest BCUT2D eigenvalue weighted by Gasteiger charge is 2.36. The molecule has 1 saturated heterocycles. The minimum atomic E-state index is 0.0309. The molecule has 1 aromatic rings. The lowest BCUT2D eigenvalue weighted by molar-refractivity contribution is -0.132. The lowest BCUT2D eigenvalue weighted by Crippen LogP contribution is -2.38. The Morgan fingerprint density at radius 3 is 2.81 bits per heavy atom. The molecule has 114 valence electrons. The van der Waals surface area contributed by atoms with Crippen LogP contribution in [-0.2, 0) is 4.79 Å². The number of likely N-dealkylation sites (tertiary alicyclic amines) is 1. The van der Waals surface area contributed by atoms with Crippen molar-refractivity contribution in [2.45, 2.75) is 45.6 Å². The maximum absolute atomic E-state index is 13.0. The third-order valence-electron chi connectivity index (χ3n) is 5.10. The Kier molecular flexibility index (Phi) is 3.92. The fourth-order valence-electron chi connectivity index (χ4n) is 3.72. The molecular formula is C18H26N2O. The molecule has 1 N–H and O–H groups in total. The molecule has 3 rings (SSSR count). The van der Waals surface area contributed by atoms with Crippen molar-refractivity contribution in [1.29, 1.82) is 0 Å². The average Bonchev–Trinajstić information content (AvgIpc) is 2.95. The number of anilines is 1. The molecule has 3 heteroatoms. The minimum Gasteiger partial charge on any atom is -0.382 e. The molecule has 21 heavy (non-hydrogen) atoms. The zero-order chi connectivity index (χ0) is 15.0. The number of hydrogen-bond donors (Lipinski definition) is 1. The number of nitrogens with zero attached hydrogens (tertiary/aromatic N) is 1. The van der Waals surface area contributed by atoms with Crippen molar-refractivity contribution in [3.8, 4) is 0 Å². The van der Waals surface area contributed by atoms with E-state index in [2.05, 4.69) is 43.1 Å². The largest absolute Gasteiger partial charge is 0.382 e. The van der Waals surface area contributed by atoms with Gasteiger partial charge in [-0.25, -0.2) is 0 Å². The normalized spacial score (nSPS) is 28.4. The number of fused-ring (bicyclic) bond motifs is 1. The molecule has 3 atom stereocenters. The van der Waals surface area contributed by atoms with Crippen LogP contribution < -0.4 is 5.32 Å². The smallest absolute Gasteiger partial charge is 0.230 e. The molecule has 3 nitrogen and oxygen atoms in total. The van der Waals surface area contributed by atoms with E-state index in [-0.39, 0.29) is 5.92 Å². The number of carbonyl (C=O) groups is 1. The van der Waals surface area contributed by atoms with E-state index < -0.39 is 0 Å². The molecule has 0 aliphatic carbocycles. The second kappa shape index (κ2) is 5.70. The van der Waals surface area contributed by atoms with Crippen LogP contribution in [0, 0.1) is 11.8 Å². The van der Waals surface area contributed by atoms with Gasteiger partial charge in [-0.2, -0.15) is 0 Å². The summed E-state index contributed by atoms with van der Waals surface area (Å²) in [4.78, 5) is 15.1. The third kappa shape index (κ3) is 2.78. The molecule has 1 amide bonds. The quantitative estimate of drug-likeness (QED) is 0.902. The van der Waals surface area contributed by atoms with Gasteiger partial charge < -0.3 is 10.2 Å². The van der Waals surface area contributed by atoms with Crippen molar-refractivity contribution < 1.29 is 4.79 Å². The van der Waals surface area contributed by atoms with Gasteiger partial charge in [0.15, 0.2) is 0 Å². The lowest BCUT2D eigenvalue weighted by atomic mass is 9.86. The highest BCUT2D eigenvalue weighted by atomic mass is 16.2. The van der Waals surface area contributed by atoms with Crippen molar-refractivity contribution in [3.05, 3.63) is 29.8 Å². The van der Waals surface area contributed by atoms with Gasteiger partial charge in [-0.3, -0.25) is 4.79 Å². The van der Waals surface area contributed by atoms with Crippen LogP contribution in [0.1, 0.15) is 45.1 Å². The number of benzene rings is 1. The number of para-hydroxylation sites is 1. The van der Waals surface area contributed by atoms with Crippen molar-refractivity contribution in [3.63, 3.8) is 0 Å². The second-order valence-corrected chi connectivity index (χ2v) is 7.00. The Morgan fingerprint density at radius 1 is 1.33 bits per heavy atom. The molecule has 3 unspecified atom stereocenters. The van der Waals surface area contributed by atoms with Crippen LogP contribution in [-0.4, -0.2) is 29.9 Å². The monoisotopic (exact) mass is 286 g/mol. The first-order valence-electron chi connectivity index (χ1n) is 8.20. The number of amides is 1. The van der Waals surface area contributed by atoms with Crippen LogP contribution in [0.25, 0.3) is 0 Å². The summed E-state index contributed by atoms with van der Waals surface area (Å²) >= 11 is 0. The SMILES string of the molecule is CC1CC(C(=O)N2CCC(C(C)C)C2)c2ccccc2N1. The van der Waals surface area contributed by atoms with Gasteiger partial charge in [0.05, 0.1) is 5.92 Å². The molecule has 1 fully saturated rings. The Morgan fingerprint density at radius 2 is 2.10 bits per heavy atom.